The minimum absolute atomic E-state index is 0. The Morgan fingerprint density at radius 1 is 1.31 bits per heavy atom. The fraction of sp³-hybridized carbons (Fsp3) is 0. The van der Waals surface area contributed by atoms with Gasteiger partial charge < -0.3 is 11.1 Å². The van der Waals surface area contributed by atoms with Crippen LogP contribution in [-0.2, 0) is 9.59 Å². The van der Waals surface area contributed by atoms with Crippen molar-refractivity contribution in [2.45, 2.75) is 0 Å². The number of nitrogens with zero attached hydrogens (tertiary/aromatic N) is 1. The van der Waals surface area contributed by atoms with Gasteiger partial charge in [0.15, 0.2) is 0 Å². The number of halogens is 1. The number of carbonyl (C=O) groups excluding carboxylic acids is 2. The molecule has 0 unspecified atom stereocenters. The number of pyridine rings is 1. The fourth-order valence-corrected chi connectivity index (χ4v) is 0.628. The second-order valence-corrected chi connectivity index (χ2v) is 2.05. The number of amides is 2. The summed E-state index contributed by atoms with van der Waals surface area (Å²) in [4.78, 5) is 24.7. The Balaban J connectivity index is 0.00000144. The van der Waals surface area contributed by atoms with E-state index >= 15 is 0 Å². The van der Waals surface area contributed by atoms with Crippen LogP contribution in [0.3, 0.4) is 0 Å². The van der Waals surface area contributed by atoms with Gasteiger partial charge in [0.2, 0.25) is 0 Å². The van der Waals surface area contributed by atoms with Gasteiger partial charge in [-0.15, -0.1) is 12.4 Å². The number of hydrogen-bond donors (Lipinski definition) is 2. The summed E-state index contributed by atoms with van der Waals surface area (Å²) in [6, 6.07) is 3.11. The summed E-state index contributed by atoms with van der Waals surface area (Å²) in [7, 11) is 0. The summed E-state index contributed by atoms with van der Waals surface area (Å²) < 4.78 is 0. The lowest BCUT2D eigenvalue weighted by atomic mass is 10.4. The maximum Gasteiger partial charge on any atom is 0.313 e. The van der Waals surface area contributed by atoms with E-state index in [1.165, 1.54) is 12.4 Å². The molecule has 1 aromatic heterocycles. The van der Waals surface area contributed by atoms with E-state index in [4.69, 9.17) is 5.73 Å². The highest BCUT2D eigenvalue weighted by Gasteiger charge is 2.07. The molecule has 1 heterocycles. The van der Waals surface area contributed by atoms with Crippen LogP contribution in [-0.4, -0.2) is 16.8 Å². The average Bonchev–Trinajstić information content (AvgIpc) is 2.06. The molecule has 13 heavy (non-hydrogen) atoms. The molecule has 0 aliphatic rings. The van der Waals surface area contributed by atoms with E-state index in [-0.39, 0.29) is 12.4 Å². The maximum absolute atomic E-state index is 10.7. The molecule has 0 saturated carbocycles. The first kappa shape index (κ1) is 11.4. The molecular weight excluding hydrogens is 194 g/mol. The SMILES string of the molecule is Cl.NC(=O)C(=O)Nc1ccncc1. The Bertz CT molecular complexity index is 302. The molecule has 0 fully saturated rings. The molecular formula is C7H8ClN3O2. The molecule has 0 saturated heterocycles. The topological polar surface area (TPSA) is 85.1 Å². The van der Waals surface area contributed by atoms with Gasteiger partial charge in [-0.2, -0.15) is 0 Å². The maximum atomic E-state index is 10.7. The lowest BCUT2D eigenvalue weighted by Gasteiger charge is -1.99. The van der Waals surface area contributed by atoms with Gasteiger partial charge in [0.1, 0.15) is 0 Å². The summed E-state index contributed by atoms with van der Waals surface area (Å²) in [5, 5.41) is 2.29. The number of nitrogens with one attached hydrogen (secondary N) is 1. The van der Waals surface area contributed by atoms with Crippen molar-refractivity contribution < 1.29 is 9.59 Å². The van der Waals surface area contributed by atoms with Crippen molar-refractivity contribution in [1.29, 1.82) is 0 Å². The van der Waals surface area contributed by atoms with E-state index in [1.54, 1.807) is 12.1 Å². The predicted molar refractivity (Wildman–Crippen MR) is 49.3 cm³/mol. The third-order valence-electron chi connectivity index (χ3n) is 1.16. The molecule has 2 amide bonds. The monoisotopic (exact) mass is 201 g/mol. The van der Waals surface area contributed by atoms with Crippen LogP contribution in [0.1, 0.15) is 0 Å². The first-order valence-corrected chi connectivity index (χ1v) is 3.21. The van der Waals surface area contributed by atoms with Gasteiger partial charge in [0.25, 0.3) is 0 Å². The number of rotatable bonds is 1. The smallest absolute Gasteiger partial charge is 0.313 e. The summed E-state index contributed by atoms with van der Waals surface area (Å²) >= 11 is 0. The summed E-state index contributed by atoms with van der Waals surface area (Å²) in [6.45, 7) is 0. The van der Waals surface area contributed by atoms with Gasteiger partial charge in [-0.3, -0.25) is 14.6 Å². The largest absolute Gasteiger partial charge is 0.361 e. The number of hydrogen-bond acceptors (Lipinski definition) is 3. The molecule has 1 aromatic rings. The minimum Gasteiger partial charge on any atom is -0.361 e. The van der Waals surface area contributed by atoms with E-state index in [1.807, 2.05) is 0 Å². The van der Waals surface area contributed by atoms with Crippen LogP contribution < -0.4 is 11.1 Å². The van der Waals surface area contributed by atoms with Crippen molar-refractivity contribution in [2.24, 2.45) is 5.73 Å². The van der Waals surface area contributed by atoms with Crippen LogP contribution in [0.2, 0.25) is 0 Å². The molecule has 0 bridgehead atoms. The van der Waals surface area contributed by atoms with Gasteiger partial charge in [-0.25, -0.2) is 0 Å². The van der Waals surface area contributed by atoms with Crippen molar-refractivity contribution in [1.82, 2.24) is 4.98 Å². The quantitative estimate of drug-likeness (QED) is 0.624. The Hall–Kier alpha value is -1.62. The van der Waals surface area contributed by atoms with E-state index in [0.29, 0.717) is 5.69 Å². The van der Waals surface area contributed by atoms with Crippen LogP contribution in [0.25, 0.3) is 0 Å². The van der Waals surface area contributed by atoms with Gasteiger partial charge in [0, 0.05) is 18.1 Å². The van der Waals surface area contributed by atoms with Crippen LogP contribution >= 0.6 is 12.4 Å². The van der Waals surface area contributed by atoms with E-state index in [2.05, 4.69) is 10.3 Å². The molecule has 0 aromatic carbocycles. The molecule has 0 aliphatic heterocycles. The second kappa shape index (κ2) is 5.10. The summed E-state index contributed by atoms with van der Waals surface area (Å²) in [6.07, 6.45) is 2.99. The number of primary amides is 1. The first-order chi connectivity index (χ1) is 5.70. The Labute approximate surface area is 80.7 Å². The lowest BCUT2D eigenvalue weighted by Crippen LogP contribution is -2.29. The molecule has 1 rings (SSSR count). The molecule has 3 N–H and O–H groups in total. The van der Waals surface area contributed by atoms with Gasteiger partial charge in [0.05, 0.1) is 0 Å². The standard InChI is InChI=1S/C7H7N3O2.ClH/c8-6(11)7(12)10-5-1-3-9-4-2-5;/h1-4H,(H2,8,11)(H,9,10,12);1H. The van der Waals surface area contributed by atoms with E-state index < -0.39 is 11.8 Å². The zero-order chi connectivity index (χ0) is 8.97. The predicted octanol–water partition coefficient (Wildman–Crippen LogP) is -0.0728. The molecule has 0 aliphatic carbocycles. The van der Waals surface area contributed by atoms with Crippen molar-refractivity contribution in [3.05, 3.63) is 24.5 Å². The number of anilines is 1. The third kappa shape index (κ3) is 3.53. The van der Waals surface area contributed by atoms with Crippen LogP contribution in [0, 0.1) is 0 Å². The molecule has 0 radical (unpaired) electrons. The molecule has 5 nitrogen and oxygen atoms in total. The summed E-state index contributed by atoms with van der Waals surface area (Å²) in [5.41, 5.74) is 5.21. The first-order valence-electron chi connectivity index (χ1n) is 3.21. The Morgan fingerprint density at radius 2 is 1.85 bits per heavy atom. The highest BCUT2D eigenvalue weighted by atomic mass is 35.5. The number of aromatic nitrogens is 1. The highest BCUT2D eigenvalue weighted by Crippen LogP contribution is 2.01. The normalized spacial score (nSPS) is 8.31. The van der Waals surface area contributed by atoms with Crippen molar-refractivity contribution in [3.8, 4) is 0 Å². The molecule has 6 heteroatoms. The van der Waals surface area contributed by atoms with Crippen LogP contribution in [0.5, 0.6) is 0 Å². The van der Waals surface area contributed by atoms with E-state index in [9.17, 15) is 9.59 Å². The highest BCUT2D eigenvalue weighted by molar-refractivity contribution is 6.39. The molecule has 70 valence electrons. The zero-order valence-electron chi connectivity index (χ0n) is 6.56. The van der Waals surface area contributed by atoms with Crippen LogP contribution in [0.15, 0.2) is 24.5 Å². The second-order valence-electron chi connectivity index (χ2n) is 2.05. The Kier molecular flexibility index (Phi) is 4.47. The van der Waals surface area contributed by atoms with Gasteiger partial charge >= 0.3 is 11.8 Å². The molecule has 0 spiro atoms. The van der Waals surface area contributed by atoms with Crippen molar-refractivity contribution in [2.75, 3.05) is 5.32 Å². The molecule has 0 atom stereocenters. The number of nitrogens with two attached hydrogens (primary N) is 1. The van der Waals surface area contributed by atoms with E-state index in [0.717, 1.165) is 0 Å². The van der Waals surface area contributed by atoms with Crippen molar-refractivity contribution in [3.63, 3.8) is 0 Å². The fourth-order valence-electron chi connectivity index (χ4n) is 0.628. The van der Waals surface area contributed by atoms with Crippen LogP contribution in [0.4, 0.5) is 5.69 Å². The Morgan fingerprint density at radius 3 is 2.31 bits per heavy atom. The summed E-state index contributed by atoms with van der Waals surface area (Å²) in [5.74, 6) is -1.84. The zero-order valence-corrected chi connectivity index (χ0v) is 7.38. The van der Waals surface area contributed by atoms with Gasteiger partial charge in [-0.1, -0.05) is 0 Å². The minimum atomic E-state index is -1.01. The lowest BCUT2D eigenvalue weighted by molar-refractivity contribution is -0.134. The van der Waals surface area contributed by atoms with Gasteiger partial charge in [-0.05, 0) is 12.1 Å². The average molecular weight is 202 g/mol. The third-order valence-corrected chi connectivity index (χ3v) is 1.16. The number of carbonyl (C=O) groups is 2. The van der Waals surface area contributed by atoms with Crippen molar-refractivity contribution >= 4 is 29.9 Å².